The number of benzene rings is 1. The Labute approximate surface area is 139 Å². The number of hydrogen-bond donors (Lipinski definition) is 0. The van der Waals surface area contributed by atoms with E-state index in [0.717, 1.165) is 24.8 Å². The van der Waals surface area contributed by atoms with E-state index in [-0.39, 0.29) is 11.6 Å². The van der Waals surface area contributed by atoms with Crippen LogP contribution in [0.4, 0.5) is 4.39 Å². The van der Waals surface area contributed by atoms with E-state index >= 15 is 0 Å². The van der Waals surface area contributed by atoms with Crippen molar-refractivity contribution in [3.63, 3.8) is 0 Å². The minimum absolute atomic E-state index is 0.121. The Kier molecular flexibility index (Phi) is 8.01. The lowest BCUT2D eigenvalue weighted by molar-refractivity contribution is -0.115. The summed E-state index contributed by atoms with van der Waals surface area (Å²) in [6.45, 7) is 11.9. The normalized spacial score (nSPS) is 10.9. The summed E-state index contributed by atoms with van der Waals surface area (Å²) in [6.07, 6.45) is 3.82. The Morgan fingerprint density at radius 3 is 2.57 bits per heavy atom. The first-order valence-electron chi connectivity index (χ1n) is 8.41. The van der Waals surface area contributed by atoms with Gasteiger partial charge in [-0.1, -0.05) is 32.9 Å². The zero-order valence-corrected chi connectivity index (χ0v) is 14.9. The van der Waals surface area contributed by atoms with Gasteiger partial charge in [0.25, 0.3) is 0 Å². The van der Waals surface area contributed by atoms with Crippen LogP contribution in [0, 0.1) is 18.7 Å². The summed E-state index contributed by atoms with van der Waals surface area (Å²) >= 11 is 0. The maximum atomic E-state index is 14.5. The van der Waals surface area contributed by atoms with Crippen molar-refractivity contribution in [3.05, 3.63) is 41.2 Å². The smallest absolute Gasteiger partial charge is 0.168 e. The van der Waals surface area contributed by atoms with Crippen molar-refractivity contribution in [1.29, 1.82) is 0 Å². The van der Waals surface area contributed by atoms with Crippen LogP contribution >= 0.6 is 0 Å². The lowest BCUT2D eigenvalue weighted by atomic mass is 10.0. The van der Waals surface area contributed by atoms with Gasteiger partial charge < -0.3 is 4.74 Å². The second-order valence-corrected chi connectivity index (χ2v) is 6.71. The fourth-order valence-electron chi connectivity index (χ4n) is 2.34. The molecular formula is C20H29FO2. The maximum Gasteiger partial charge on any atom is 0.168 e. The molecule has 128 valence electrons. The molecule has 0 spiro atoms. The van der Waals surface area contributed by atoms with Crippen LogP contribution in [-0.4, -0.2) is 12.4 Å². The number of hydrogen-bond acceptors (Lipinski definition) is 2. The van der Waals surface area contributed by atoms with Gasteiger partial charge in [-0.2, -0.15) is 0 Å². The van der Waals surface area contributed by atoms with Crippen LogP contribution in [0.1, 0.15) is 57.6 Å². The number of rotatable bonds is 10. The summed E-state index contributed by atoms with van der Waals surface area (Å²) in [7, 11) is 0. The zero-order chi connectivity index (χ0) is 17.4. The Bertz CT molecular complexity index is 547. The van der Waals surface area contributed by atoms with Crippen LogP contribution in [0.25, 0.3) is 0 Å². The highest BCUT2D eigenvalue weighted by Gasteiger charge is 2.11. The molecule has 0 amide bonds. The SMILES string of the molecule is C=C(C)C(=O)CCCCCc1cc(C)cc(OCC(C)C)c1F. The van der Waals surface area contributed by atoms with Gasteiger partial charge in [0.1, 0.15) is 0 Å². The van der Waals surface area contributed by atoms with Gasteiger partial charge in [-0.15, -0.1) is 0 Å². The zero-order valence-electron chi connectivity index (χ0n) is 14.9. The molecule has 0 aliphatic rings. The average Bonchev–Trinajstić information content (AvgIpc) is 2.47. The predicted molar refractivity (Wildman–Crippen MR) is 93.5 cm³/mol. The van der Waals surface area contributed by atoms with Crippen molar-refractivity contribution in [3.8, 4) is 5.75 Å². The number of Topliss-reactive ketones (excluding diaryl/α,β-unsaturated/α-hetero) is 1. The van der Waals surface area contributed by atoms with Crippen molar-refractivity contribution < 1.29 is 13.9 Å². The first-order chi connectivity index (χ1) is 10.8. The topological polar surface area (TPSA) is 26.3 Å². The molecule has 0 N–H and O–H groups in total. The number of carbonyl (C=O) groups is 1. The number of ketones is 1. The van der Waals surface area contributed by atoms with E-state index in [0.29, 0.717) is 42.3 Å². The second-order valence-electron chi connectivity index (χ2n) is 6.71. The summed E-state index contributed by atoms with van der Waals surface area (Å²) in [5.41, 5.74) is 2.33. The number of carbonyl (C=O) groups excluding carboxylic acids is 1. The van der Waals surface area contributed by atoms with Crippen molar-refractivity contribution in [2.45, 2.75) is 59.8 Å². The molecule has 0 aromatic heterocycles. The van der Waals surface area contributed by atoms with E-state index < -0.39 is 0 Å². The van der Waals surface area contributed by atoms with E-state index in [1.807, 2.05) is 26.8 Å². The largest absolute Gasteiger partial charge is 0.490 e. The minimum Gasteiger partial charge on any atom is -0.490 e. The van der Waals surface area contributed by atoms with E-state index in [9.17, 15) is 9.18 Å². The van der Waals surface area contributed by atoms with Crippen LogP contribution in [0.5, 0.6) is 5.75 Å². The molecule has 0 atom stereocenters. The molecule has 0 saturated heterocycles. The van der Waals surface area contributed by atoms with Crippen LogP contribution < -0.4 is 4.74 Å². The lowest BCUT2D eigenvalue weighted by Crippen LogP contribution is -2.07. The number of aryl methyl sites for hydroxylation is 2. The van der Waals surface area contributed by atoms with Crippen molar-refractivity contribution >= 4 is 5.78 Å². The van der Waals surface area contributed by atoms with E-state index in [1.165, 1.54) is 0 Å². The molecule has 0 heterocycles. The van der Waals surface area contributed by atoms with Gasteiger partial charge in [-0.25, -0.2) is 4.39 Å². The van der Waals surface area contributed by atoms with Crippen LogP contribution in [0.15, 0.2) is 24.3 Å². The molecule has 23 heavy (non-hydrogen) atoms. The van der Waals surface area contributed by atoms with Crippen LogP contribution in [-0.2, 0) is 11.2 Å². The van der Waals surface area contributed by atoms with Crippen molar-refractivity contribution in [2.24, 2.45) is 5.92 Å². The van der Waals surface area contributed by atoms with E-state index in [4.69, 9.17) is 4.74 Å². The molecule has 0 bridgehead atoms. The molecule has 2 nitrogen and oxygen atoms in total. The van der Waals surface area contributed by atoms with Crippen molar-refractivity contribution in [2.75, 3.05) is 6.61 Å². The fraction of sp³-hybridized carbons (Fsp3) is 0.550. The van der Waals surface area contributed by atoms with Gasteiger partial charge in [-0.3, -0.25) is 4.79 Å². The van der Waals surface area contributed by atoms with Gasteiger partial charge in [0.2, 0.25) is 0 Å². The molecule has 0 fully saturated rings. The fourth-order valence-corrected chi connectivity index (χ4v) is 2.34. The maximum absolute atomic E-state index is 14.5. The molecule has 1 aromatic carbocycles. The number of halogens is 1. The highest BCUT2D eigenvalue weighted by atomic mass is 19.1. The molecular weight excluding hydrogens is 291 g/mol. The Balaban J connectivity index is 2.53. The minimum atomic E-state index is -0.241. The number of ether oxygens (including phenoxy) is 1. The van der Waals surface area contributed by atoms with Crippen LogP contribution in [0.3, 0.4) is 0 Å². The summed E-state index contributed by atoms with van der Waals surface area (Å²) < 4.78 is 20.0. The molecule has 0 aliphatic heterocycles. The predicted octanol–water partition coefficient (Wildman–Crippen LogP) is 5.42. The van der Waals surface area contributed by atoms with Crippen molar-refractivity contribution in [1.82, 2.24) is 0 Å². The quantitative estimate of drug-likeness (QED) is 0.425. The monoisotopic (exact) mass is 320 g/mol. The summed E-state index contributed by atoms with van der Waals surface area (Å²) in [5, 5.41) is 0. The summed E-state index contributed by atoms with van der Waals surface area (Å²) in [6, 6.07) is 3.64. The molecule has 3 heteroatoms. The summed E-state index contributed by atoms with van der Waals surface area (Å²) in [5.74, 6) is 0.598. The molecule has 0 radical (unpaired) electrons. The lowest BCUT2D eigenvalue weighted by Gasteiger charge is -2.13. The van der Waals surface area contributed by atoms with E-state index in [1.54, 1.807) is 13.0 Å². The van der Waals surface area contributed by atoms with Gasteiger partial charge in [0.05, 0.1) is 6.61 Å². The molecule has 1 aromatic rings. The van der Waals surface area contributed by atoms with Gasteiger partial charge in [0.15, 0.2) is 17.3 Å². The van der Waals surface area contributed by atoms with Crippen LogP contribution in [0.2, 0.25) is 0 Å². The first kappa shape index (κ1) is 19.4. The van der Waals surface area contributed by atoms with Gasteiger partial charge in [-0.05, 0) is 61.8 Å². The van der Waals surface area contributed by atoms with Gasteiger partial charge in [0, 0.05) is 6.42 Å². The molecule has 0 aliphatic carbocycles. The first-order valence-corrected chi connectivity index (χ1v) is 8.41. The third-order valence-electron chi connectivity index (χ3n) is 3.66. The molecule has 0 unspecified atom stereocenters. The molecule has 1 rings (SSSR count). The number of unbranched alkanes of at least 4 members (excludes halogenated alkanes) is 2. The molecule has 0 saturated carbocycles. The Morgan fingerprint density at radius 2 is 1.96 bits per heavy atom. The van der Waals surface area contributed by atoms with E-state index in [2.05, 4.69) is 6.58 Å². The number of allylic oxidation sites excluding steroid dienone is 1. The average molecular weight is 320 g/mol. The highest BCUT2D eigenvalue weighted by Crippen LogP contribution is 2.25. The second kappa shape index (κ2) is 9.49. The highest BCUT2D eigenvalue weighted by molar-refractivity contribution is 5.93. The standard InChI is InChI=1S/C20H29FO2/c1-14(2)13-23-19-12-16(5)11-17(20(19)21)9-7-6-8-10-18(22)15(3)4/h11-12,14H,3,6-10,13H2,1-2,4-5H3. The Morgan fingerprint density at radius 1 is 1.26 bits per heavy atom. The summed E-state index contributed by atoms with van der Waals surface area (Å²) in [4.78, 5) is 11.5. The third kappa shape index (κ3) is 6.98. The Hall–Kier alpha value is -1.64. The third-order valence-corrected chi connectivity index (χ3v) is 3.66. The van der Waals surface area contributed by atoms with Gasteiger partial charge >= 0.3 is 0 Å².